The highest BCUT2D eigenvalue weighted by molar-refractivity contribution is 5.78. The Bertz CT molecular complexity index is 613. The van der Waals surface area contributed by atoms with Gasteiger partial charge in [-0.05, 0) is 18.1 Å². The van der Waals surface area contributed by atoms with Crippen LogP contribution >= 0.6 is 0 Å². The highest BCUT2D eigenvalue weighted by atomic mass is 16.5. The zero-order chi connectivity index (χ0) is 15.2. The fraction of sp³-hybridized carbons (Fsp3) is 0.412. The average molecular weight is 286 g/mol. The van der Waals surface area contributed by atoms with E-state index < -0.39 is 0 Å². The van der Waals surface area contributed by atoms with E-state index in [1.165, 1.54) is 7.11 Å². The van der Waals surface area contributed by atoms with Gasteiger partial charge >= 0.3 is 5.97 Å². The minimum atomic E-state index is -0.298. The van der Waals surface area contributed by atoms with Crippen LogP contribution in [0.4, 0.5) is 0 Å². The summed E-state index contributed by atoms with van der Waals surface area (Å²) in [6, 6.07) is 11.7. The lowest BCUT2D eigenvalue weighted by atomic mass is 9.99. The first kappa shape index (κ1) is 15.4. The van der Waals surface area contributed by atoms with Gasteiger partial charge in [-0.15, -0.1) is 0 Å². The zero-order valence-corrected chi connectivity index (χ0v) is 12.8. The van der Waals surface area contributed by atoms with Gasteiger partial charge in [0.1, 0.15) is 6.04 Å². The van der Waals surface area contributed by atoms with Gasteiger partial charge in [-0.25, -0.2) is 0 Å². The second kappa shape index (κ2) is 7.18. The average Bonchev–Trinajstić information content (AvgIpc) is 2.54. The van der Waals surface area contributed by atoms with Crippen LogP contribution in [-0.4, -0.2) is 24.1 Å². The number of benzene rings is 1. The standard InChI is InChI=1S/C17H22N2O2/c1-4-12(2)16(17(20)21-3)18-11-14-10-9-13-7-5-6-8-15(13)19-14/h5-10,12,16,18H,4,11H2,1-3H3. The predicted molar refractivity (Wildman–Crippen MR) is 83.8 cm³/mol. The third kappa shape index (κ3) is 3.79. The van der Waals surface area contributed by atoms with Gasteiger partial charge in [-0.3, -0.25) is 15.1 Å². The molecule has 1 aromatic heterocycles. The summed E-state index contributed by atoms with van der Waals surface area (Å²) in [5.41, 5.74) is 1.89. The third-order valence-corrected chi connectivity index (χ3v) is 3.83. The smallest absolute Gasteiger partial charge is 0.323 e. The van der Waals surface area contributed by atoms with Crippen molar-refractivity contribution < 1.29 is 9.53 Å². The first-order chi connectivity index (χ1) is 10.2. The summed E-state index contributed by atoms with van der Waals surface area (Å²) in [6.45, 7) is 4.66. The monoisotopic (exact) mass is 286 g/mol. The fourth-order valence-electron chi connectivity index (χ4n) is 2.30. The number of nitrogens with one attached hydrogen (secondary N) is 1. The van der Waals surface area contributed by atoms with Gasteiger partial charge in [0.2, 0.25) is 0 Å². The zero-order valence-electron chi connectivity index (χ0n) is 12.8. The molecular weight excluding hydrogens is 264 g/mol. The second-order valence-corrected chi connectivity index (χ2v) is 5.26. The van der Waals surface area contributed by atoms with Crippen molar-refractivity contribution in [3.05, 3.63) is 42.1 Å². The van der Waals surface area contributed by atoms with Crippen molar-refractivity contribution in [3.63, 3.8) is 0 Å². The largest absolute Gasteiger partial charge is 0.468 e. The summed E-state index contributed by atoms with van der Waals surface area (Å²) in [4.78, 5) is 16.4. The maximum atomic E-state index is 11.8. The van der Waals surface area contributed by atoms with Gasteiger partial charge in [0, 0.05) is 11.9 Å². The fourth-order valence-corrected chi connectivity index (χ4v) is 2.30. The van der Waals surface area contributed by atoms with Crippen LogP contribution in [0.2, 0.25) is 0 Å². The Hall–Kier alpha value is -1.94. The number of nitrogens with zero attached hydrogens (tertiary/aromatic N) is 1. The van der Waals surface area contributed by atoms with Crippen LogP contribution in [0.25, 0.3) is 10.9 Å². The molecule has 1 heterocycles. The molecule has 4 nitrogen and oxygen atoms in total. The molecule has 1 aromatic carbocycles. The highest BCUT2D eigenvalue weighted by Gasteiger charge is 2.24. The number of para-hydroxylation sites is 1. The van der Waals surface area contributed by atoms with Crippen LogP contribution in [0, 0.1) is 5.92 Å². The molecule has 0 fully saturated rings. The van der Waals surface area contributed by atoms with Gasteiger partial charge in [0.25, 0.3) is 0 Å². The second-order valence-electron chi connectivity index (χ2n) is 5.26. The third-order valence-electron chi connectivity index (χ3n) is 3.83. The number of carbonyl (C=O) groups is 1. The summed E-state index contributed by atoms with van der Waals surface area (Å²) in [7, 11) is 1.42. The number of hydrogen-bond donors (Lipinski definition) is 1. The first-order valence-corrected chi connectivity index (χ1v) is 7.31. The molecule has 0 amide bonds. The van der Waals surface area contributed by atoms with E-state index in [1.807, 2.05) is 37.3 Å². The van der Waals surface area contributed by atoms with Gasteiger partial charge in [-0.2, -0.15) is 0 Å². The number of ether oxygens (including phenoxy) is 1. The Morgan fingerprint density at radius 3 is 2.76 bits per heavy atom. The lowest BCUT2D eigenvalue weighted by Gasteiger charge is -2.21. The van der Waals surface area contributed by atoms with E-state index in [0.29, 0.717) is 6.54 Å². The molecule has 2 rings (SSSR count). The van der Waals surface area contributed by atoms with E-state index in [2.05, 4.69) is 23.3 Å². The van der Waals surface area contributed by atoms with Crippen LogP contribution in [0.15, 0.2) is 36.4 Å². The normalized spacial score (nSPS) is 13.9. The maximum absolute atomic E-state index is 11.8. The van der Waals surface area contributed by atoms with Crippen molar-refractivity contribution in [1.82, 2.24) is 10.3 Å². The van der Waals surface area contributed by atoms with Crippen molar-refractivity contribution >= 4 is 16.9 Å². The van der Waals surface area contributed by atoms with Gasteiger partial charge in [0.15, 0.2) is 0 Å². The van der Waals surface area contributed by atoms with Gasteiger partial charge in [0.05, 0.1) is 18.3 Å². The molecule has 2 unspecified atom stereocenters. The summed E-state index contributed by atoms with van der Waals surface area (Å²) >= 11 is 0. The summed E-state index contributed by atoms with van der Waals surface area (Å²) in [5, 5.41) is 4.38. The van der Waals surface area contributed by atoms with Crippen LogP contribution in [0.3, 0.4) is 0 Å². The number of carbonyl (C=O) groups excluding carboxylic acids is 1. The Kier molecular flexibility index (Phi) is 5.28. The van der Waals surface area contributed by atoms with E-state index in [-0.39, 0.29) is 17.9 Å². The number of hydrogen-bond acceptors (Lipinski definition) is 4. The molecular formula is C17H22N2O2. The highest BCUT2D eigenvalue weighted by Crippen LogP contribution is 2.13. The molecule has 0 aliphatic carbocycles. The Morgan fingerprint density at radius 2 is 2.05 bits per heavy atom. The van der Waals surface area contributed by atoms with Gasteiger partial charge in [-0.1, -0.05) is 44.5 Å². The Labute approximate surface area is 125 Å². The van der Waals surface area contributed by atoms with Gasteiger partial charge < -0.3 is 4.74 Å². The van der Waals surface area contributed by atoms with E-state index in [0.717, 1.165) is 23.0 Å². The van der Waals surface area contributed by atoms with Crippen LogP contribution < -0.4 is 5.32 Å². The molecule has 0 radical (unpaired) electrons. The molecule has 1 N–H and O–H groups in total. The van der Waals surface area contributed by atoms with Crippen LogP contribution in [0.5, 0.6) is 0 Å². The first-order valence-electron chi connectivity index (χ1n) is 7.31. The van der Waals surface area contributed by atoms with E-state index in [4.69, 9.17) is 4.74 Å². The maximum Gasteiger partial charge on any atom is 0.323 e. The summed E-state index contributed by atoms with van der Waals surface area (Å²) < 4.78 is 4.87. The van der Waals surface area contributed by atoms with Crippen molar-refractivity contribution in [2.45, 2.75) is 32.9 Å². The molecule has 0 spiro atoms. The number of esters is 1. The number of pyridine rings is 1. The predicted octanol–water partition coefficient (Wildman–Crippen LogP) is 2.91. The van der Waals surface area contributed by atoms with E-state index in [9.17, 15) is 4.79 Å². The lowest BCUT2D eigenvalue weighted by molar-refractivity contribution is -0.144. The summed E-state index contributed by atoms with van der Waals surface area (Å²) in [6.07, 6.45) is 0.915. The van der Waals surface area contributed by atoms with Crippen LogP contribution in [-0.2, 0) is 16.1 Å². The molecule has 2 atom stereocenters. The minimum Gasteiger partial charge on any atom is -0.468 e. The summed E-state index contributed by atoms with van der Waals surface area (Å²) in [5.74, 6) is 0.00282. The Morgan fingerprint density at radius 1 is 1.29 bits per heavy atom. The van der Waals surface area contributed by atoms with E-state index in [1.54, 1.807) is 0 Å². The number of fused-ring (bicyclic) bond motifs is 1. The molecule has 0 aliphatic heterocycles. The number of methoxy groups -OCH3 is 1. The molecule has 0 bridgehead atoms. The molecule has 112 valence electrons. The molecule has 0 saturated heterocycles. The molecule has 2 aromatic rings. The van der Waals surface area contributed by atoms with Crippen molar-refractivity contribution in [1.29, 1.82) is 0 Å². The molecule has 21 heavy (non-hydrogen) atoms. The lowest BCUT2D eigenvalue weighted by Crippen LogP contribution is -2.42. The van der Waals surface area contributed by atoms with Crippen molar-refractivity contribution in [2.75, 3.05) is 7.11 Å². The Balaban J connectivity index is 2.09. The van der Waals surface area contributed by atoms with Crippen molar-refractivity contribution in [2.24, 2.45) is 5.92 Å². The number of rotatable bonds is 6. The minimum absolute atomic E-state index is 0.217. The topological polar surface area (TPSA) is 51.2 Å². The van der Waals surface area contributed by atoms with Crippen molar-refractivity contribution in [3.8, 4) is 0 Å². The SMILES string of the molecule is CCC(C)C(NCc1ccc2ccccc2n1)C(=O)OC. The van der Waals surface area contributed by atoms with Crippen LogP contribution in [0.1, 0.15) is 26.0 Å². The molecule has 0 aliphatic rings. The molecule has 0 saturated carbocycles. The molecule has 4 heteroatoms. The quantitative estimate of drug-likeness (QED) is 0.830. The van der Waals surface area contributed by atoms with E-state index >= 15 is 0 Å². The number of aromatic nitrogens is 1.